The van der Waals surface area contributed by atoms with Crippen molar-refractivity contribution in [3.8, 4) is 0 Å². The molecule has 21 heavy (non-hydrogen) atoms. The summed E-state index contributed by atoms with van der Waals surface area (Å²) in [5.41, 5.74) is 0.191. The van der Waals surface area contributed by atoms with E-state index in [4.69, 9.17) is 0 Å². The summed E-state index contributed by atoms with van der Waals surface area (Å²) in [7, 11) is 4.31. The van der Waals surface area contributed by atoms with Crippen LogP contribution in [0.5, 0.6) is 0 Å². The summed E-state index contributed by atoms with van der Waals surface area (Å²) in [6.07, 6.45) is 11.8. The average Bonchev–Trinajstić information content (AvgIpc) is 2.52. The van der Waals surface area contributed by atoms with Gasteiger partial charge in [0.2, 0.25) is 5.91 Å². The third kappa shape index (κ3) is 4.96. The molecule has 1 aliphatic carbocycles. The normalized spacial score (nSPS) is 25.8. The van der Waals surface area contributed by atoms with Crippen LogP contribution in [0.4, 0.5) is 0 Å². The monoisotopic (exact) mass is 295 g/mol. The second-order valence-corrected chi connectivity index (χ2v) is 7.14. The van der Waals surface area contributed by atoms with E-state index >= 15 is 0 Å². The zero-order valence-electron chi connectivity index (χ0n) is 13.9. The van der Waals surface area contributed by atoms with Gasteiger partial charge in [0.15, 0.2) is 0 Å². The molecule has 0 bridgehead atoms. The van der Waals surface area contributed by atoms with Crippen molar-refractivity contribution in [1.29, 1.82) is 0 Å². The lowest BCUT2D eigenvalue weighted by atomic mass is 9.80. The second-order valence-electron chi connectivity index (χ2n) is 7.14. The Balaban J connectivity index is 1.71. The first-order valence-electron chi connectivity index (χ1n) is 8.80. The van der Waals surface area contributed by atoms with Gasteiger partial charge < -0.3 is 15.5 Å². The number of amides is 1. The zero-order chi connectivity index (χ0) is 15.1. The first-order valence-corrected chi connectivity index (χ1v) is 8.80. The lowest BCUT2D eigenvalue weighted by Gasteiger charge is -2.43. The first kappa shape index (κ1) is 16.8. The highest BCUT2D eigenvalue weighted by Crippen LogP contribution is 2.31. The Morgan fingerprint density at radius 3 is 2.57 bits per heavy atom. The number of hydrogen-bond acceptors (Lipinski definition) is 3. The lowest BCUT2D eigenvalue weighted by molar-refractivity contribution is -0.122. The molecule has 1 unspecified atom stereocenters. The van der Waals surface area contributed by atoms with E-state index in [2.05, 4.69) is 29.6 Å². The largest absolute Gasteiger partial charge is 0.354 e. The minimum atomic E-state index is 0.191. The topological polar surface area (TPSA) is 44.4 Å². The zero-order valence-corrected chi connectivity index (χ0v) is 13.9. The van der Waals surface area contributed by atoms with Crippen LogP contribution in [-0.2, 0) is 4.79 Å². The molecule has 2 aliphatic rings. The molecular weight excluding hydrogens is 262 g/mol. The maximum atomic E-state index is 12.1. The summed E-state index contributed by atoms with van der Waals surface area (Å²) in [5, 5.41) is 6.72. The van der Waals surface area contributed by atoms with Crippen molar-refractivity contribution in [2.24, 2.45) is 0 Å². The molecule has 1 atom stereocenters. The molecular formula is C17H33N3O. The quantitative estimate of drug-likeness (QED) is 0.790. The summed E-state index contributed by atoms with van der Waals surface area (Å²) in [6.45, 7) is 1.94. The Bertz CT molecular complexity index is 318. The molecule has 0 aromatic rings. The van der Waals surface area contributed by atoms with Gasteiger partial charge in [-0.15, -0.1) is 0 Å². The Labute approximate surface area is 130 Å². The predicted molar refractivity (Wildman–Crippen MR) is 87.4 cm³/mol. The van der Waals surface area contributed by atoms with Crippen molar-refractivity contribution in [3.05, 3.63) is 0 Å². The van der Waals surface area contributed by atoms with Crippen molar-refractivity contribution in [1.82, 2.24) is 15.5 Å². The standard InChI is InChI=1S/C17H33N3O/c1-20(2)17(11-5-3-6-12-17)14-19-16(21)10-9-15-8-4-7-13-18-15/h15,18H,3-14H2,1-2H3,(H,19,21). The molecule has 0 aromatic carbocycles. The van der Waals surface area contributed by atoms with Gasteiger partial charge in [0.25, 0.3) is 0 Å². The highest BCUT2D eigenvalue weighted by atomic mass is 16.1. The molecule has 1 saturated carbocycles. The van der Waals surface area contributed by atoms with Crippen LogP contribution in [0.1, 0.15) is 64.2 Å². The fourth-order valence-corrected chi connectivity index (χ4v) is 3.82. The highest BCUT2D eigenvalue weighted by molar-refractivity contribution is 5.76. The molecule has 1 amide bonds. The first-order chi connectivity index (χ1) is 10.1. The molecule has 4 heteroatoms. The summed E-state index contributed by atoms with van der Waals surface area (Å²) in [4.78, 5) is 14.5. The van der Waals surface area contributed by atoms with Crippen LogP contribution in [0.3, 0.4) is 0 Å². The number of piperidine rings is 1. The van der Waals surface area contributed by atoms with Gasteiger partial charge in [0.1, 0.15) is 0 Å². The van der Waals surface area contributed by atoms with E-state index in [1.165, 1.54) is 51.4 Å². The van der Waals surface area contributed by atoms with E-state index in [-0.39, 0.29) is 11.4 Å². The van der Waals surface area contributed by atoms with E-state index in [1.807, 2.05) is 0 Å². The van der Waals surface area contributed by atoms with E-state index in [0.29, 0.717) is 12.5 Å². The van der Waals surface area contributed by atoms with Crippen molar-refractivity contribution in [2.45, 2.75) is 75.8 Å². The molecule has 2 rings (SSSR count). The van der Waals surface area contributed by atoms with Gasteiger partial charge >= 0.3 is 0 Å². The molecule has 1 saturated heterocycles. The average molecular weight is 295 g/mol. The van der Waals surface area contributed by atoms with Gasteiger partial charge in [-0.1, -0.05) is 25.7 Å². The highest BCUT2D eigenvalue weighted by Gasteiger charge is 2.34. The summed E-state index contributed by atoms with van der Waals surface area (Å²) in [6, 6.07) is 0.557. The smallest absolute Gasteiger partial charge is 0.220 e. The van der Waals surface area contributed by atoms with E-state index in [0.717, 1.165) is 19.5 Å². The fourth-order valence-electron chi connectivity index (χ4n) is 3.82. The van der Waals surface area contributed by atoms with Crippen molar-refractivity contribution in [2.75, 3.05) is 27.2 Å². The molecule has 1 heterocycles. The Hall–Kier alpha value is -0.610. The molecule has 4 nitrogen and oxygen atoms in total. The van der Waals surface area contributed by atoms with Gasteiger partial charge in [-0.3, -0.25) is 4.79 Å². The second kappa shape index (κ2) is 8.14. The third-order valence-electron chi connectivity index (χ3n) is 5.48. The van der Waals surface area contributed by atoms with Gasteiger partial charge in [-0.25, -0.2) is 0 Å². The molecule has 122 valence electrons. The summed E-state index contributed by atoms with van der Waals surface area (Å²) in [5.74, 6) is 0.231. The lowest BCUT2D eigenvalue weighted by Crippen LogP contribution is -2.53. The Morgan fingerprint density at radius 1 is 1.19 bits per heavy atom. The van der Waals surface area contributed by atoms with Gasteiger partial charge in [0, 0.05) is 24.5 Å². The van der Waals surface area contributed by atoms with Crippen molar-refractivity contribution in [3.63, 3.8) is 0 Å². The molecule has 2 fully saturated rings. The number of hydrogen-bond donors (Lipinski definition) is 2. The minimum Gasteiger partial charge on any atom is -0.354 e. The van der Waals surface area contributed by atoms with Crippen molar-refractivity contribution < 1.29 is 4.79 Å². The molecule has 2 N–H and O–H groups in total. The van der Waals surface area contributed by atoms with Crippen LogP contribution in [0.25, 0.3) is 0 Å². The van der Waals surface area contributed by atoms with Crippen LogP contribution in [0.2, 0.25) is 0 Å². The summed E-state index contributed by atoms with van der Waals surface area (Å²) < 4.78 is 0. The summed E-state index contributed by atoms with van der Waals surface area (Å²) >= 11 is 0. The number of carbonyl (C=O) groups is 1. The SMILES string of the molecule is CN(C)C1(CNC(=O)CCC2CCCCN2)CCCCC1. The van der Waals surface area contributed by atoms with Crippen LogP contribution in [0.15, 0.2) is 0 Å². The number of rotatable bonds is 6. The van der Waals surface area contributed by atoms with Gasteiger partial charge in [0.05, 0.1) is 0 Å². The Morgan fingerprint density at radius 2 is 1.95 bits per heavy atom. The fraction of sp³-hybridized carbons (Fsp3) is 0.941. The number of nitrogens with one attached hydrogen (secondary N) is 2. The van der Waals surface area contributed by atoms with Crippen LogP contribution < -0.4 is 10.6 Å². The molecule has 0 radical (unpaired) electrons. The number of nitrogens with zero attached hydrogens (tertiary/aromatic N) is 1. The number of likely N-dealkylation sites (N-methyl/N-ethyl adjacent to an activating group) is 1. The van der Waals surface area contributed by atoms with Crippen LogP contribution in [-0.4, -0.2) is 49.6 Å². The molecule has 0 aromatic heterocycles. The van der Waals surface area contributed by atoms with E-state index in [9.17, 15) is 4.79 Å². The van der Waals surface area contributed by atoms with E-state index in [1.54, 1.807) is 0 Å². The van der Waals surface area contributed by atoms with Crippen LogP contribution >= 0.6 is 0 Å². The minimum absolute atomic E-state index is 0.191. The number of carbonyl (C=O) groups excluding carboxylic acids is 1. The Kier molecular flexibility index (Phi) is 6.49. The van der Waals surface area contributed by atoms with Gasteiger partial charge in [-0.2, -0.15) is 0 Å². The molecule has 1 aliphatic heterocycles. The van der Waals surface area contributed by atoms with Crippen molar-refractivity contribution >= 4 is 5.91 Å². The molecule has 0 spiro atoms. The van der Waals surface area contributed by atoms with E-state index < -0.39 is 0 Å². The van der Waals surface area contributed by atoms with Gasteiger partial charge in [-0.05, 0) is 52.7 Å². The maximum Gasteiger partial charge on any atom is 0.220 e. The third-order valence-corrected chi connectivity index (χ3v) is 5.48. The van der Waals surface area contributed by atoms with Crippen LogP contribution in [0, 0.1) is 0 Å². The predicted octanol–water partition coefficient (Wildman–Crippen LogP) is 2.29. The maximum absolute atomic E-state index is 12.1.